The molecule has 0 aliphatic heterocycles. The first-order valence-electron chi connectivity index (χ1n) is 21.2. The van der Waals surface area contributed by atoms with Gasteiger partial charge in [0.2, 0.25) is 0 Å². The topological polar surface area (TPSA) is 51.8 Å². The van der Waals surface area contributed by atoms with Crippen molar-refractivity contribution in [1.29, 1.82) is 0 Å². The molecule has 0 spiro atoms. The van der Waals surface area contributed by atoms with Gasteiger partial charge in [-0.15, -0.1) is 11.3 Å². The summed E-state index contributed by atoms with van der Waals surface area (Å²) >= 11 is 0.866. The van der Waals surface area contributed by atoms with Crippen molar-refractivity contribution in [1.82, 2.24) is 15.0 Å². The highest BCUT2D eigenvalue weighted by molar-refractivity contribution is 7.25. The van der Waals surface area contributed by atoms with Crippen LogP contribution in [0, 0.1) is 0 Å². The molecule has 7 aromatic carbocycles. The molecule has 3 heterocycles. The lowest BCUT2D eigenvalue weighted by Gasteiger charge is -2.10. The van der Waals surface area contributed by atoms with Gasteiger partial charge in [0, 0.05) is 47.6 Å². The van der Waals surface area contributed by atoms with Crippen LogP contribution in [0.25, 0.3) is 98.5 Å². The number of hydrogen-bond donors (Lipinski definition) is 0. The lowest BCUT2D eigenvalue weighted by Crippen LogP contribution is -2.00. The third-order valence-electron chi connectivity index (χ3n) is 8.51. The van der Waals surface area contributed by atoms with Crippen molar-refractivity contribution in [3.8, 4) is 56.4 Å². The van der Waals surface area contributed by atoms with Crippen LogP contribution < -0.4 is 0 Å². The van der Waals surface area contributed by atoms with Gasteiger partial charge in [-0.1, -0.05) is 121 Å². The summed E-state index contributed by atoms with van der Waals surface area (Å²) in [5, 5.41) is 1.75. The van der Waals surface area contributed by atoms with Crippen molar-refractivity contribution < 1.29 is 19.5 Å². The minimum absolute atomic E-state index is 0.0151. The van der Waals surface area contributed by atoms with Crippen LogP contribution in [0.2, 0.25) is 0 Å². The number of fused-ring (bicyclic) bond motifs is 6. The maximum absolute atomic E-state index is 9.59. The number of thiophene rings is 1. The molecule has 234 valence electrons. The minimum atomic E-state index is -0.637. The molecular formula is C45H27N3OS. The van der Waals surface area contributed by atoms with Crippen LogP contribution in [0.5, 0.6) is 0 Å². The lowest BCUT2D eigenvalue weighted by molar-refractivity contribution is 0.669. The summed E-state index contributed by atoms with van der Waals surface area (Å²) in [4.78, 5) is 14.4. The average molecular weight is 669 g/mol. The van der Waals surface area contributed by atoms with E-state index in [1.54, 1.807) is 6.07 Å². The minimum Gasteiger partial charge on any atom is -0.456 e. The molecule has 4 nitrogen and oxygen atoms in total. The molecule has 0 aliphatic carbocycles. The first-order chi connectivity index (χ1) is 29.3. The van der Waals surface area contributed by atoms with E-state index in [9.17, 15) is 2.74 Å². The van der Waals surface area contributed by atoms with Crippen LogP contribution in [0.4, 0.5) is 0 Å². The molecule has 0 saturated heterocycles. The van der Waals surface area contributed by atoms with Gasteiger partial charge in [-0.05, 0) is 64.6 Å². The summed E-state index contributed by atoms with van der Waals surface area (Å²) < 4.78 is 104. The van der Waals surface area contributed by atoms with E-state index in [2.05, 4.69) is 0 Å². The van der Waals surface area contributed by atoms with E-state index in [1.165, 1.54) is 0 Å². The van der Waals surface area contributed by atoms with Crippen molar-refractivity contribution in [3.05, 3.63) is 164 Å². The summed E-state index contributed by atoms with van der Waals surface area (Å²) in [7, 11) is 0. The van der Waals surface area contributed by atoms with Gasteiger partial charge in [0.05, 0.1) is 15.1 Å². The molecule has 10 rings (SSSR count). The Bertz CT molecular complexity index is 3500. The molecule has 0 aliphatic rings. The van der Waals surface area contributed by atoms with Crippen molar-refractivity contribution in [2.75, 3.05) is 0 Å². The highest BCUT2D eigenvalue weighted by Crippen LogP contribution is 2.37. The second-order valence-corrected chi connectivity index (χ2v) is 12.6. The highest BCUT2D eigenvalue weighted by atomic mass is 32.1. The Kier molecular flexibility index (Phi) is 4.54. The summed E-state index contributed by atoms with van der Waals surface area (Å²) in [5.41, 5.74) is 3.30. The van der Waals surface area contributed by atoms with Crippen LogP contribution in [-0.4, -0.2) is 15.0 Å². The standard InChI is InChI=1S/C45H27N3OS/c1-2-9-28(10-3-1)29-17-19-30(20-18-29)43-46-44(48-45(47-43)34-21-23-36-35-13-4-6-15-39(35)49-40(36)27-34)33-12-8-11-31(25-33)32-22-24-42-38(26-32)37-14-5-7-16-41(37)50-42/h1-27H/i5D,7D,8D,11D,12D,14D,16D,22D,24D,25D,26D. The molecular weight excluding hydrogens is 631 g/mol. The second kappa shape index (κ2) is 11.6. The molecule has 0 unspecified atom stereocenters. The van der Waals surface area contributed by atoms with Crippen molar-refractivity contribution in [2.24, 2.45) is 0 Å². The highest BCUT2D eigenvalue weighted by Gasteiger charge is 2.16. The summed E-state index contributed by atoms with van der Waals surface area (Å²) in [6.07, 6.45) is 0. The third-order valence-corrected chi connectivity index (χ3v) is 9.53. The molecule has 3 aromatic heterocycles. The van der Waals surface area contributed by atoms with Gasteiger partial charge in [0.15, 0.2) is 17.5 Å². The quantitative estimate of drug-likeness (QED) is 0.183. The Morgan fingerprint density at radius 2 is 1.06 bits per heavy atom. The van der Waals surface area contributed by atoms with Crippen molar-refractivity contribution >= 4 is 53.4 Å². The molecule has 0 amide bonds. The first-order valence-corrected chi connectivity index (χ1v) is 16.5. The fraction of sp³-hybridized carbons (Fsp3) is 0. The van der Waals surface area contributed by atoms with E-state index >= 15 is 0 Å². The number of hydrogen-bond acceptors (Lipinski definition) is 5. The van der Waals surface area contributed by atoms with E-state index in [4.69, 9.17) is 31.7 Å². The Balaban J connectivity index is 1.23. The van der Waals surface area contributed by atoms with E-state index < -0.39 is 60.4 Å². The van der Waals surface area contributed by atoms with Crippen LogP contribution in [0.3, 0.4) is 0 Å². The van der Waals surface area contributed by atoms with Crippen LogP contribution >= 0.6 is 11.3 Å². The van der Waals surface area contributed by atoms with Crippen LogP contribution in [-0.2, 0) is 0 Å². The maximum atomic E-state index is 9.59. The van der Waals surface area contributed by atoms with E-state index in [0.717, 1.165) is 33.2 Å². The average Bonchev–Trinajstić information content (AvgIpc) is 3.87. The SMILES string of the molecule is [2H]c1c([2H])c(-c2nc(-c3ccc(-c4ccccc4)cc3)nc(-c3ccc4c(c3)oc3ccccc34)n2)c([2H])c(-c2c([2H])c([2H])c3sc4c([2H])c([2H])c([2H])c([2H])c4c3c2[2H])c1[2H]. The molecule has 0 saturated carbocycles. The molecule has 0 atom stereocenters. The maximum Gasteiger partial charge on any atom is 0.164 e. The predicted molar refractivity (Wildman–Crippen MR) is 207 cm³/mol. The number of rotatable bonds is 5. The zero-order valence-corrected chi connectivity index (χ0v) is 26.7. The number of furan rings is 1. The van der Waals surface area contributed by atoms with Gasteiger partial charge in [0.25, 0.3) is 0 Å². The van der Waals surface area contributed by atoms with Gasteiger partial charge in [0.1, 0.15) is 11.2 Å². The zero-order chi connectivity index (χ0) is 42.6. The predicted octanol–water partition coefficient (Wildman–Crippen LogP) is 12.5. The first kappa shape index (κ1) is 19.5. The zero-order valence-electron chi connectivity index (χ0n) is 36.9. The fourth-order valence-electron chi connectivity index (χ4n) is 6.06. The number of benzene rings is 7. The van der Waals surface area contributed by atoms with Crippen LogP contribution in [0.15, 0.2) is 168 Å². The number of aromatic nitrogens is 3. The van der Waals surface area contributed by atoms with Crippen molar-refractivity contribution in [2.45, 2.75) is 0 Å². The van der Waals surface area contributed by atoms with Crippen molar-refractivity contribution in [3.63, 3.8) is 0 Å². The third kappa shape index (κ3) is 4.95. The molecule has 50 heavy (non-hydrogen) atoms. The Labute approximate surface area is 307 Å². The second-order valence-electron chi connectivity index (χ2n) is 11.6. The largest absolute Gasteiger partial charge is 0.456 e. The number of nitrogens with zero attached hydrogens (tertiary/aromatic N) is 3. The van der Waals surface area contributed by atoms with Crippen LogP contribution in [0.1, 0.15) is 15.1 Å². The molecule has 5 heteroatoms. The summed E-state index contributed by atoms with van der Waals surface area (Å²) in [6, 6.07) is 24.9. The molecule has 0 N–H and O–H groups in total. The normalized spacial score (nSPS) is 14.7. The molecule has 0 radical (unpaired) electrons. The van der Waals surface area contributed by atoms with E-state index in [-0.39, 0.29) is 60.4 Å². The molecule has 0 bridgehead atoms. The molecule has 10 aromatic rings. The van der Waals surface area contributed by atoms with Gasteiger partial charge in [-0.25, -0.2) is 15.0 Å². The Morgan fingerprint density at radius 3 is 1.94 bits per heavy atom. The summed E-state index contributed by atoms with van der Waals surface area (Å²) in [5.74, 6) is 0.164. The van der Waals surface area contributed by atoms with Gasteiger partial charge < -0.3 is 4.42 Å². The van der Waals surface area contributed by atoms with E-state index in [0.29, 0.717) is 22.3 Å². The molecule has 0 fully saturated rings. The fourth-order valence-corrected chi connectivity index (χ4v) is 6.98. The monoisotopic (exact) mass is 668 g/mol. The van der Waals surface area contributed by atoms with E-state index in [1.807, 2.05) is 91.0 Å². The number of para-hydroxylation sites is 1. The van der Waals surface area contributed by atoms with Gasteiger partial charge in [-0.2, -0.15) is 0 Å². The Hall–Kier alpha value is -6.43. The lowest BCUT2D eigenvalue weighted by atomic mass is 10.0. The van der Waals surface area contributed by atoms with Gasteiger partial charge >= 0.3 is 0 Å². The summed E-state index contributed by atoms with van der Waals surface area (Å²) in [6.45, 7) is 0. The Morgan fingerprint density at radius 1 is 0.420 bits per heavy atom. The van der Waals surface area contributed by atoms with Gasteiger partial charge in [-0.3, -0.25) is 0 Å². The smallest absolute Gasteiger partial charge is 0.164 e.